The summed E-state index contributed by atoms with van der Waals surface area (Å²) in [5, 5.41) is 0. The molecule has 2 rings (SSSR count). The van der Waals surface area contributed by atoms with E-state index >= 15 is 0 Å². The Morgan fingerprint density at radius 2 is 1.62 bits per heavy atom. The minimum Gasteiger partial charge on any atom is -0.378 e. The van der Waals surface area contributed by atoms with Crippen molar-refractivity contribution in [3.05, 3.63) is 29.8 Å². The molecule has 2 heteroatoms. The maximum absolute atomic E-state index is 2.27. The molecule has 0 unspecified atom stereocenters. The third-order valence-corrected chi connectivity index (χ3v) is 3.47. The maximum Gasteiger partial charge on any atom is 0.103 e. The van der Waals surface area contributed by atoms with Crippen LogP contribution in [-0.2, 0) is 6.54 Å². The molecule has 0 aliphatic carbocycles. The van der Waals surface area contributed by atoms with Crippen LogP contribution in [0.2, 0.25) is 0 Å². The van der Waals surface area contributed by atoms with E-state index in [2.05, 4.69) is 43.3 Å². The fraction of sp³-hybridized carbons (Fsp3) is 0.571. The zero-order valence-electron chi connectivity index (χ0n) is 10.5. The minimum atomic E-state index is 1.20. The minimum absolute atomic E-state index is 1.20. The molecule has 0 atom stereocenters. The molecule has 88 valence electrons. The molecule has 1 fully saturated rings. The number of nitrogens with one attached hydrogen (secondary N) is 1. The number of nitrogens with zero attached hydrogens (tertiary/aromatic N) is 1. The first-order valence-electron chi connectivity index (χ1n) is 6.35. The predicted octanol–water partition coefficient (Wildman–Crippen LogP) is 1.32. The third kappa shape index (κ3) is 2.99. The SMILES string of the molecule is CN(C)c1ccc(C[NH+]2CCCCC2)cc1. The summed E-state index contributed by atoms with van der Waals surface area (Å²) in [4.78, 5) is 3.90. The van der Waals surface area contributed by atoms with Crippen LogP contribution >= 0.6 is 0 Å². The largest absolute Gasteiger partial charge is 0.378 e. The van der Waals surface area contributed by atoms with E-state index in [1.165, 1.54) is 50.1 Å². The average Bonchev–Trinajstić information content (AvgIpc) is 2.31. The van der Waals surface area contributed by atoms with Crippen LogP contribution in [0.25, 0.3) is 0 Å². The van der Waals surface area contributed by atoms with Gasteiger partial charge < -0.3 is 9.80 Å². The van der Waals surface area contributed by atoms with Crippen LogP contribution in [0.15, 0.2) is 24.3 Å². The molecular formula is C14H23N2+. The van der Waals surface area contributed by atoms with Gasteiger partial charge in [-0.2, -0.15) is 0 Å². The summed E-state index contributed by atoms with van der Waals surface area (Å²) < 4.78 is 0. The normalized spacial score (nSPS) is 17.4. The Hall–Kier alpha value is -1.02. The zero-order chi connectivity index (χ0) is 11.4. The molecule has 1 N–H and O–H groups in total. The first-order chi connectivity index (χ1) is 7.75. The molecule has 1 aliphatic heterocycles. The van der Waals surface area contributed by atoms with Gasteiger partial charge in [0.15, 0.2) is 0 Å². The van der Waals surface area contributed by atoms with E-state index in [4.69, 9.17) is 0 Å². The van der Waals surface area contributed by atoms with E-state index in [9.17, 15) is 0 Å². The van der Waals surface area contributed by atoms with Gasteiger partial charge in [0.2, 0.25) is 0 Å². The Labute approximate surface area is 98.9 Å². The van der Waals surface area contributed by atoms with Gasteiger partial charge in [0, 0.05) is 25.3 Å². The van der Waals surface area contributed by atoms with Crippen LogP contribution < -0.4 is 9.80 Å². The van der Waals surface area contributed by atoms with Crippen molar-refractivity contribution in [3.63, 3.8) is 0 Å². The number of anilines is 1. The summed E-state index contributed by atoms with van der Waals surface area (Å²) in [5.41, 5.74) is 2.76. The van der Waals surface area contributed by atoms with Crippen molar-refractivity contribution in [3.8, 4) is 0 Å². The molecule has 0 aromatic heterocycles. The first-order valence-corrected chi connectivity index (χ1v) is 6.35. The van der Waals surface area contributed by atoms with Crippen LogP contribution in [0.4, 0.5) is 5.69 Å². The van der Waals surface area contributed by atoms with Gasteiger partial charge in [-0.1, -0.05) is 12.1 Å². The predicted molar refractivity (Wildman–Crippen MR) is 69.0 cm³/mol. The van der Waals surface area contributed by atoms with E-state index in [-0.39, 0.29) is 0 Å². The van der Waals surface area contributed by atoms with Crippen molar-refractivity contribution < 1.29 is 4.90 Å². The first kappa shape index (κ1) is 11.5. The number of hydrogen-bond acceptors (Lipinski definition) is 1. The van der Waals surface area contributed by atoms with E-state index in [0.29, 0.717) is 0 Å². The van der Waals surface area contributed by atoms with Crippen molar-refractivity contribution in [1.82, 2.24) is 0 Å². The van der Waals surface area contributed by atoms with Crippen LogP contribution in [-0.4, -0.2) is 27.2 Å². The topological polar surface area (TPSA) is 7.68 Å². The van der Waals surface area contributed by atoms with Gasteiger partial charge in [0.25, 0.3) is 0 Å². The average molecular weight is 219 g/mol. The summed E-state index contributed by atoms with van der Waals surface area (Å²) in [6, 6.07) is 8.99. The Bertz CT molecular complexity index is 310. The number of piperidine rings is 1. The van der Waals surface area contributed by atoms with Crippen LogP contribution in [0.3, 0.4) is 0 Å². The van der Waals surface area contributed by atoms with Gasteiger partial charge in [0.1, 0.15) is 6.54 Å². The van der Waals surface area contributed by atoms with Crippen molar-refractivity contribution in [2.24, 2.45) is 0 Å². The number of rotatable bonds is 3. The van der Waals surface area contributed by atoms with Gasteiger partial charge in [-0.25, -0.2) is 0 Å². The fourth-order valence-electron chi connectivity index (χ4n) is 2.43. The summed E-state index contributed by atoms with van der Waals surface area (Å²) >= 11 is 0. The third-order valence-electron chi connectivity index (χ3n) is 3.47. The molecule has 2 nitrogen and oxygen atoms in total. The monoisotopic (exact) mass is 219 g/mol. The molecule has 0 spiro atoms. The highest BCUT2D eigenvalue weighted by Crippen LogP contribution is 2.11. The summed E-state index contributed by atoms with van der Waals surface area (Å²) in [6.07, 6.45) is 4.25. The standard InChI is InChI=1S/C14H22N2/c1-15(2)14-8-6-13(7-9-14)12-16-10-4-3-5-11-16/h6-9H,3-5,10-12H2,1-2H3/p+1. The van der Waals surface area contributed by atoms with Gasteiger partial charge in [-0.3, -0.25) is 0 Å². The van der Waals surface area contributed by atoms with Gasteiger partial charge in [-0.05, 0) is 31.4 Å². The zero-order valence-corrected chi connectivity index (χ0v) is 10.5. The van der Waals surface area contributed by atoms with E-state index < -0.39 is 0 Å². The molecule has 16 heavy (non-hydrogen) atoms. The summed E-state index contributed by atoms with van der Waals surface area (Å²) in [7, 11) is 4.18. The Balaban J connectivity index is 1.93. The second-order valence-electron chi connectivity index (χ2n) is 5.05. The van der Waals surface area contributed by atoms with Crippen molar-refractivity contribution >= 4 is 5.69 Å². The van der Waals surface area contributed by atoms with Crippen molar-refractivity contribution in [1.29, 1.82) is 0 Å². The van der Waals surface area contributed by atoms with Crippen molar-refractivity contribution in [2.45, 2.75) is 25.8 Å². The maximum atomic E-state index is 2.27. The second kappa shape index (κ2) is 5.35. The van der Waals surface area contributed by atoms with Gasteiger partial charge >= 0.3 is 0 Å². The molecule has 1 aromatic rings. The lowest BCUT2D eigenvalue weighted by Gasteiger charge is -2.23. The Kier molecular flexibility index (Phi) is 3.83. The molecule has 0 radical (unpaired) electrons. The Morgan fingerprint density at radius 3 is 2.19 bits per heavy atom. The lowest BCUT2D eigenvalue weighted by atomic mass is 10.1. The highest BCUT2D eigenvalue weighted by Gasteiger charge is 2.13. The van der Waals surface area contributed by atoms with E-state index in [1.807, 2.05) is 0 Å². The molecule has 0 bridgehead atoms. The molecule has 0 saturated carbocycles. The van der Waals surface area contributed by atoms with Gasteiger partial charge in [0.05, 0.1) is 13.1 Å². The van der Waals surface area contributed by atoms with E-state index in [1.54, 1.807) is 4.90 Å². The molecule has 0 amide bonds. The van der Waals surface area contributed by atoms with Crippen LogP contribution in [0, 0.1) is 0 Å². The molecule has 1 aliphatic rings. The Morgan fingerprint density at radius 1 is 1.00 bits per heavy atom. The molecule has 1 heterocycles. The lowest BCUT2D eigenvalue weighted by Crippen LogP contribution is -3.11. The number of hydrogen-bond donors (Lipinski definition) is 1. The van der Waals surface area contributed by atoms with Crippen LogP contribution in [0.1, 0.15) is 24.8 Å². The second-order valence-corrected chi connectivity index (χ2v) is 5.05. The number of benzene rings is 1. The molecule has 1 aromatic carbocycles. The smallest absolute Gasteiger partial charge is 0.103 e. The number of quaternary nitrogens is 1. The lowest BCUT2D eigenvalue weighted by molar-refractivity contribution is -0.918. The number of likely N-dealkylation sites (tertiary alicyclic amines) is 1. The summed E-state index contributed by atoms with van der Waals surface area (Å²) in [6.45, 7) is 3.92. The van der Waals surface area contributed by atoms with Gasteiger partial charge in [-0.15, -0.1) is 0 Å². The molecular weight excluding hydrogens is 196 g/mol. The highest BCUT2D eigenvalue weighted by atomic mass is 15.1. The van der Waals surface area contributed by atoms with E-state index in [0.717, 1.165) is 0 Å². The molecule has 1 saturated heterocycles. The quantitative estimate of drug-likeness (QED) is 0.806. The highest BCUT2D eigenvalue weighted by molar-refractivity contribution is 5.45. The van der Waals surface area contributed by atoms with Crippen molar-refractivity contribution in [2.75, 3.05) is 32.1 Å². The fourth-order valence-corrected chi connectivity index (χ4v) is 2.43. The summed E-state index contributed by atoms with van der Waals surface area (Å²) in [5.74, 6) is 0. The van der Waals surface area contributed by atoms with Crippen LogP contribution in [0.5, 0.6) is 0 Å².